The lowest BCUT2D eigenvalue weighted by molar-refractivity contribution is -0.784. The zero-order chi connectivity index (χ0) is 33.2. The average molecular weight is 729 g/mol. The maximum atomic E-state index is 11.1. The molecule has 2 aromatic rings. The molecule has 0 atom stereocenters. The van der Waals surface area contributed by atoms with E-state index in [0.29, 0.717) is 19.4 Å². The van der Waals surface area contributed by atoms with Crippen LogP contribution in [0.3, 0.4) is 0 Å². The fourth-order valence-electron chi connectivity index (χ4n) is 5.98. The molecule has 0 saturated carbocycles. The van der Waals surface area contributed by atoms with E-state index < -0.39 is 9.95 Å². The van der Waals surface area contributed by atoms with Crippen molar-refractivity contribution in [1.29, 1.82) is 0 Å². The minimum absolute atomic E-state index is 0.133. The Hall–Kier alpha value is -3.74. The summed E-state index contributed by atoms with van der Waals surface area (Å²) < 4.78 is 1.59. The summed E-state index contributed by atoms with van der Waals surface area (Å²) in [7, 11) is 0. The fourth-order valence-corrected chi connectivity index (χ4v) is 6.05. The van der Waals surface area contributed by atoms with Gasteiger partial charge in [0.05, 0.1) is 33.8 Å². The Kier molecular flexibility index (Phi) is 12.7. The van der Waals surface area contributed by atoms with Crippen LogP contribution in [0.25, 0.3) is 0 Å². The van der Waals surface area contributed by atoms with Crippen LogP contribution in [-0.2, 0) is 25.6 Å². The number of anilines is 1. The zero-order valence-electron chi connectivity index (χ0n) is 26.2. The number of rotatable bonds is 12. The van der Waals surface area contributed by atoms with Gasteiger partial charge in [-0.15, -0.1) is 0 Å². The van der Waals surface area contributed by atoms with Gasteiger partial charge in [0.1, 0.15) is 6.54 Å². The van der Waals surface area contributed by atoms with Crippen LogP contribution in [0.4, 0.5) is 16.2 Å². The van der Waals surface area contributed by atoms with Gasteiger partial charge < -0.3 is 20.4 Å². The molecule has 0 saturated heterocycles. The molecular weight excluding hydrogens is 687 g/mol. The largest absolute Gasteiger partial charge is 0.681 e. The van der Waals surface area contributed by atoms with E-state index in [2.05, 4.69) is 127 Å². The normalized spacial score (nSPS) is 16.9. The molecule has 2 aliphatic rings. The third-order valence-corrected chi connectivity index (χ3v) is 8.23. The highest BCUT2D eigenvalue weighted by molar-refractivity contribution is 14.1. The van der Waals surface area contributed by atoms with Gasteiger partial charge in [0.2, 0.25) is 5.69 Å². The van der Waals surface area contributed by atoms with Gasteiger partial charge in [-0.2, -0.15) is 4.58 Å². The number of nitrogens with zero attached hydrogens (tertiary/aromatic N) is 2. The number of hydrogen-bond donors (Lipinski definition) is 2. The molecule has 240 valence electrons. The Balaban J connectivity index is 0.000000838. The molecule has 0 bridgehead atoms. The maximum absolute atomic E-state index is 11.1. The molecule has 45 heavy (non-hydrogen) atoms. The molecule has 10 heteroatoms. The Bertz CT molecular complexity index is 1520. The second kappa shape index (κ2) is 16.0. The summed E-state index contributed by atoms with van der Waals surface area (Å²) in [5.41, 5.74) is 7.04. The van der Waals surface area contributed by atoms with Crippen LogP contribution >= 0.6 is 22.6 Å². The number of carboxylic acids is 1. The number of hydrogen-bond acceptors (Lipinski definition) is 7. The number of carbonyl (C=O) groups excluding carboxylic acids is 1. The van der Waals surface area contributed by atoms with Crippen LogP contribution in [0.1, 0.15) is 64.5 Å². The number of carbonyl (C=O) groups is 2. The smallest absolute Gasteiger partial charge is 0.399 e. The topological polar surface area (TPSA) is 122 Å². The number of aliphatic hydroxyl groups is 1. The first-order chi connectivity index (χ1) is 21.3. The van der Waals surface area contributed by atoms with Crippen molar-refractivity contribution in [2.24, 2.45) is 0 Å². The molecule has 0 aliphatic carbocycles. The minimum Gasteiger partial charge on any atom is -0.681 e. The fraction of sp³-hybridized carbons (Fsp3) is 0.343. The van der Waals surface area contributed by atoms with E-state index in [-0.39, 0.29) is 23.0 Å². The van der Waals surface area contributed by atoms with Crippen molar-refractivity contribution in [3.8, 4) is 0 Å². The van der Waals surface area contributed by atoms with E-state index in [0.717, 1.165) is 18.7 Å². The average Bonchev–Trinajstić information content (AvgIpc) is 3.32. The van der Waals surface area contributed by atoms with E-state index in [1.165, 1.54) is 50.8 Å². The third kappa shape index (κ3) is 8.93. The number of aliphatic hydroxyl groups excluding tert-OH is 1. The van der Waals surface area contributed by atoms with Crippen LogP contribution in [0.15, 0.2) is 96.9 Å². The van der Waals surface area contributed by atoms with Crippen LogP contribution in [0.2, 0.25) is 0 Å². The molecule has 0 radical (unpaired) electrons. The zero-order valence-corrected chi connectivity index (χ0v) is 28.3. The van der Waals surface area contributed by atoms with Gasteiger partial charge in [0, 0.05) is 60.3 Å². The lowest BCUT2D eigenvalue weighted by atomic mass is 9.81. The maximum Gasteiger partial charge on any atom is 0.399 e. The van der Waals surface area contributed by atoms with E-state index in [9.17, 15) is 14.7 Å². The van der Waals surface area contributed by atoms with E-state index in [1.807, 2.05) is 6.07 Å². The van der Waals surface area contributed by atoms with Crippen molar-refractivity contribution in [2.75, 3.05) is 18.0 Å². The van der Waals surface area contributed by atoms with Gasteiger partial charge >= 0.3 is 9.95 Å². The lowest BCUT2D eigenvalue weighted by Crippen LogP contribution is -2.27. The number of fused-ring (bicyclic) bond motifs is 2. The molecule has 2 aliphatic heterocycles. The summed E-state index contributed by atoms with van der Waals surface area (Å²) in [4.78, 5) is 26.2. The van der Waals surface area contributed by atoms with Crippen LogP contribution in [-0.4, -0.2) is 43.5 Å². The van der Waals surface area contributed by atoms with Gasteiger partial charge in [-0.05, 0) is 38.0 Å². The predicted octanol–water partition coefficient (Wildman–Crippen LogP) is 7.34. The summed E-state index contributed by atoms with van der Waals surface area (Å²) in [5, 5.41) is 30.2. The quantitative estimate of drug-likeness (QED) is 0.0443. The first-order valence-corrected chi connectivity index (χ1v) is 15.8. The van der Waals surface area contributed by atoms with Gasteiger partial charge in [0.25, 0.3) is 0 Å². The van der Waals surface area contributed by atoms with Crippen molar-refractivity contribution < 1.29 is 39.6 Å². The van der Waals surface area contributed by atoms with Gasteiger partial charge in [0.15, 0.2) is 5.71 Å². The summed E-state index contributed by atoms with van der Waals surface area (Å²) in [6, 6.07) is 16.9. The molecule has 2 N–H and O–H groups in total. The SMILES string of the molecule is C=C(O)CCC[N+]1=C(C=CC=CC=C2N(CCCC(=O)O)c3ccccc3C2(C)C)C(C)(C)c2ccccc21.O=C(I)OO[O-]. The molecule has 0 amide bonds. The number of aliphatic carboxylic acids is 1. The summed E-state index contributed by atoms with van der Waals surface area (Å²) in [5.74, 6) is -0.536. The van der Waals surface area contributed by atoms with Crippen molar-refractivity contribution in [1.82, 2.24) is 0 Å². The molecule has 0 spiro atoms. The molecule has 4 rings (SSSR count). The number of carboxylic acid groups (broad SMARTS) is 1. The van der Waals surface area contributed by atoms with E-state index in [4.69, 9.17) is 10.4 Å². The van der Waals surface area contributed by atoms with Gasteiger partial charge in [-0.25, -0.2) is 9.83 Å². The molecular formula is C35H41IN2O7. The van der Waals surface area contributed by atoms with Crippen molar-refractivity contribution in [3.05, 3.63) is 108 Å². The number of para-hydroxylation sites is 2. The second-order valence-corrected chi connectivity index (χ2v) is 12.7. The molecule has 0 fully saturated rings. The highest BCUT2D eigenvalue weighted by Gasteiger charge is 2.44. The highest BCUT2D eigenvalue weighted by Crippen LogP contribution is 2.47. The lowest BCUT2D eigenvalue weighted by Gasteiger charge is -2.26. The highest BCUT2D eigenvalue weighted by atomic mass is 127. The summed E-state index contributed by atoms with van der Waals surface area (Å²) in [6.07, 6.45) is 12.8. The predicted molar refractivity (Wildman–Crippen MR) is 182 cm³/mol. The molecule has 2 aromatic carbocycles. The first kappa shape index (κ1) is 35.7. The number of allylic oxidation sites excluding steroid dienone is 7. The monoisotopic (exact) mass is 728 g/mol. The van der Waals surface area contributed by atoms with Gasteiger partial charge in [-0.3, -0.25) is 9.68 Å². The standard InChI is InChI=1S/C34H40N2O3.CHIO4/c1-25(37)15-13-23-35-28-18-11-9-16-26(28)33(2,3)30(35)20-7-6-8-21-31-34(4,5)27-17-10-12-19-29(27)36(31)24-14-22-32(38)39;2-1(3)5-6-4/h6-12,16-21H,1,13-15,22-24H2,2-5H3,(H-,37,38,39);4H. The number of halogens is 1. The Morgan fingerprint density at radius 1 is 0.956 bits per heavy atom. The molecule has 9 nitrogen and oxygen atoms in total. The van der Waals surface area contributed by atoms with Crippen LogP contribution < -0.4 is 10.2 Å². The number of benzene rings is 2. The summed E-state index contributed by atoms with van der Waals surface area (Å²) in [6.45, 7) is 14.1. The molecule has 0 unspecified atom stereocenters. The third-order valence-electron chi connectivity index (χ3n) is 8.05. The van der Waals surface area contributed by atoms with Crippen LogP contribution in [0, 0.1) is 0 Å². The van der Waals surface area contributed by atoms with Crippen molar-refractivity contribution in [3.63, 3.8) is 0 Å². The molecule has 0 aromatic heterocycles. The van der Waals surface area contributed by atoms with Crippen molar-refractivity contribution >= 4 is 49.6 Å². The van der Waals surface area contributed by atoms with Crippen molar-refractivity contribution in [2.45, 2.75) is 64.2 Å². The van der Waals surface area contributed by atoms with Gasteiger partial charge in [-0.1, -0.05) is 75.1 Å². The first-order valence-electron chi connectivity index (χ1n) is 14.7. The Morgan fingerprint density at radius 3 is 2.24 bits per heavy atom. The molecule has 2 heterocycles. The van der Waals surface area contributed by atoms with E-state index >= 15 is 0 Å². The van der Waals surface area contributed by atoms with Crippen LogP contribution in [0.5, 0.6) is 0 Å². The Morgan fingerprint density at radius 2 is 1.62 bits per heavy atom. The van der Waals surface area contributed by atoms with E-state index in [1.54, 1.807) is 0 Å². The second-order valence-electron chi connectivity index (χ2n) is 11.8. The minimum atomic E-state index is -0.775. The Labute approximate surface area is 278 Å². The summed E-state index contributed by atoms with van der Waals surface area (Å²) >= 11 is 1.26.